The number of hydrogen-bond donors (Lipinski definition) is 1. The molecule has 1 aromatic carbocycles. The quantitative estimate of drug-likeness (QED) is 0.628. The van der Waals surface area contributed by atoms with E-state index in [1.165, 1.54) is 0 Å². The predicted octanol–water partition coefficient (Wildman–Crippen LogP) is 3.17. The van der Waals surface area contributed by atoms with Crippen LogP contribution in [-0.4, -0.2) is 25.8 Å². The molecule has 0 aliphatic carbocycles. The zero-order chi connectivity index (χ0) is 15.3. The normalized spacial score (nSPS) is 13.4. The van der Waals surface area contributed by atoms with Crippen LogP contribution in [0.3, 0.4) is 0 Å². The second-order valence-electron chi connectivity index (χ2n) is 5.13. The van der Waals surface area contributed by atoms with Gasteiger partial charge in [-0.25, -0.2) is 13.1 Å². The molecule has 1 unspecified atom stereocenters. The van der Waals surface area contributed by atoms with Gasteiger partial charge in [0.1, 0.15) is 0 Å². The molecule has 2 rings (SSSR count). The van der Waals surface area contributed by atoms with Gasteiger partial charge >= 0.3 is 0 Å². The lowest BCUT2D eigenvalue weighted by Gasteiger charge is -2.10. The van der Waals surface area contributed by atoms with E-state index in [0.29, 0.717) is 29.2 Å². The lowest BCUT2D eigenvalue weighted by Crippen LogP contribution is -2.25. The number of hydrogen-bond acceptors (Lipinski definition) is 3. The molecule has 0 fully saturated rings. The second kappa shape index (κ2) is 7.20. The Morgan fingerprint density at radius 1 is 1.29 bits per heavy atom. The summed E-state index contributed by atoms with van der Waals surface area (Å²) in [5.74, 6) is 1.000. The molecule has 0 spiro atoms. The van der Waals surface area contributed by atoms with Crippen molar-refractivity contribution in [2.45, 2.75) is 24.7 Å². The Bertz CT molecular complexity index is 698. The van der Waals surface area contributed by atoms with Crippen molar-refractivity contribution in [3.63, 3.8) is 0 Å². The second-order valence-corrected chi connectivity index (χ2v) is 7.17. The first-order valence-electron chi connectivity index (χ1n) is 6.94. The van der Waals surface area contributed by atoms with Crippen molar-refractivity contribution < 1.29 is 8.42 Å². The summed E-state index contributed by atoms with van der Waals surface area (Å²) in [6.07, 6.45) is 3.33. The third-order valence-corrected chi connectivity index (χ3v) is 5.37. The number of aromatic nitrogens is 1. The summed E-state index contributed by atoms with van der Waals surface area (Å²) >= 11 is 5.74. The molecule has 21 heavy (non-hydrogen) atoms. The van der Waals surface area contributed by atoms with E-state index < -0.39 is 10.0 Å². The number of nitrogens with zero attached hydrogens (tertiary/aromatic N) is 1. The maximum absolute atomic E-state index is 12.4. The molecule has 2 aromatic rings. The molecule has 0 aliphatic rings. The Labute approximate surface area is 130 Å². The molecule has 1 atom stereocenters. The summed E-state index contributed by atoms with van der Waals surface area (Å²) < 4.78 is 27.4. The first-order chi connectivity index (χ1) is 10.0. The molecule has 0 radical (unpaired) electrons. The number of alkyl halides is 1. The maximum Gasteiger partial charge on any atom is 0.241 e. The van der Waals surface area contributed by atoms with Gasteiger partial charge in [0.15, 0.2) is 0 Å². The van der Waals surface area contributed by atoms with Crippen LogP contribution in [-0.2, 0) is 10.0 Å². The van der Waals surface area contributed by atoms with Crippen LogP contribution >= 0.6 is 11.6 Å². The van der Waals surface area contributed by atoms with E-state index in [-0.39, 0.29) is 4.90 Å². The highest BCUT2D eigenvalue weighted by atomic mass is 35.5. The molecule has 1 aromatic heterocycles. The molecule has 0 saturated heterocycles. The van der Waals surface area contributed by atoms with Crippen molar-refractivity contribution in [1.29, 1.82) is 0 Å². The van der Waals surface area contributed by atoms with Crippen molar-refractivity contribution in [2.24, 2.45) is 5.92 Å². The zero-order valence-electron chi connectivity index (χ0n) is 11.9. The summed E-state index contributed by atoms with van der Waals surface area (Å²) in [6, 6.07) is 8.62. The fraction of sp³-hybridized carbons (Fsp3) is 0.400. The van der Waals surface area contributed by atoms with Gasteiger partial charge in [0.2, 0.25) is 10.0 Å². The Morgan fingerprint density at radius 3 is 2.86 bits per heavy atom. The molecule has 1 heterocycles. The van der Waals surface area contributed by atoms with E-state index in [9.17, 15) is 8.42 Å². The Morgan fingerprint density at radius 2 is 2.10 bits per heavy atom. The van der Waals surface area contributed by atoms with Crippen molar-refractivity contribution in [1.82, 2.24) is 9.71 Å². The highest BCUT2D eigenvalue weighted by molar-refractivity contribution is 7.89. The highest BCUT2D eigenvalue weighted by Gasteiger charge is 2.16. The van der Waals surface area contributed by atoms with E-state index in [2.05, 4.69) is 16.6 Å². The van der Waals surface area contributed by atoms with Crippen LogP contribution in [0.15, 0.2) is 41.4 Å². The minimum Gasteiger partial charge on any atom is -0.256 e. The smallest absolute Gasteiger partial charge is 0.241 e. The number of pyridine rings is 1. The first kappa shape index (κ1) is 16.2. The van der Waals surface area contributed by atoms with Crippen LogP contribution in [0.25, 0.3) is 10.9 Å². The van der Waals surface area contributed by atoms with Crippen LogP contribution < -0.4 is 4.72 Å². The Kier molecular flexibility index (Phi) is 5.56. The minimum absolute atomic E-state index is 0.276. The number of benzene rings is 1. The number of rotatable bonds is 7. The number of nitrogens with one attached hydrogen (secondary N) is 1. The Hall–Kier alpha value is -1.17. The minimum atomic E-state index is -3.51. The molecule has 4 nitrogen and oxygen atoms in total. The summed E-state index contributed by atoms with van der Waals surface area (Å²) in [5.41, 5.74) is 0.677. The van der Waals surface area contributed by atoms with Crippen molar-refractivity contribution >= 4 is 32.5 Å². The van der Waals surface area contributed by atoms with E-state index in [1.54, 1.807) is 36.5 Å². The molecule has 0 saturated carbocycles. The third kappa shape index (κ3) is 4.15. The molecule has 114 valence electrons. The van der Waals surface area contributed by atoms with Crippen molar-refractivity contribution in [3.8, 4) is 0 Å². The SMILES string of the molecule is CC(CCl)CCCNS(=O)(=O)c1cccc2ncccc12. The largest absolute Gasteiger partial charge is 0.256 e. The Balaban J connectivity index is 2.11. The predicted molar refractivity (Wildman–Crippen MR) is 86.0 cm³/mol. The molecule has 1 N–H and O–H groups in total. The topological polar surface area (TPSA) is 59.1 Å². The standard InChI is InChI=1S/C15H19ClN2O2S/c1-12(11-16)5-3-10-18-21(19,20)15-8-2-7-14-13(15)6-4-9-17-14/h2,4,6-9,12,18H,3,5,10-11H2,1H3. The molecule has 0 amide bonds. The summed E-state index contributed by atoms with van der Waals surface area (Å²) in [4.78, 5) is 4.46. The summed E-state index contributed by atoms with van der Waals surface area (Å²) in [7, 11) is -3.51. The van der Waals surface area contributed by atoms with Gasteiger partial charge in [-0.2, -0.15) is 0 Å². The lowest BCUT2D eigenvalue weighted by atomic mass is 10.1. The maximum atomic E-state index is 12.4. The van der Waals surface area contributed by atoms with Gasteiger partial charge in [0.05, 0.1) is 10.4 Å². The number of sulfonamides is 1. The molecular weight excluding hydrogens is 308 g/mol. The fourth-order valence-corrected chi connectivity index (χ4v) is 3.56. The van der Waals surface area contributed by atoms with E-state index in [0.717, 1.165) is 12.8 Å². The van der Waals surface area contributed by atoms with Gasteiger partial charge in [-0.05, 0) is 43.0 Å². The average Bonchev–Trinajstić information content (AvgIpc) is 2.50. The van der Waals surface area contributed by atoms with Gasteiger partial charge in [-0.3, -0.25) is 4.98 Å². The van der Waals surface area contributed by atoms with Gasteiger partial charge in [0.25, 0.3) is 0 Å². The van der Waals surface area contributed by atoms with Gasteiger partial charge in [0, 0.05) is 24.0 Å². The van der Waals surface area contributed by atoms with Crippen LogP contribution in [0.4, 0.5) is 0 Å². The molecule has 0 bridgehead atoms. The van der Waals surface area contributed by atoms with Gasteiger partial charge in [-0.15, -0.1) is 11.6 Å². The third-order valence-electron chi connectivity index (χ3n) is 3.32. The van der Waals surface area contributed by atoms with Crippen LogP contribution in [0.2, 0.25) is 0 Å². The first-order valence-corrected chi connectivity index (χ1v) is 8.96. The summed E-state index contributed by atoms with van der Waals surface area (Å²) in [5, 5.41) is 0.640. The number of fused-ring (bicyclic) bond motifs is 1. The zero-order valence-corrected chi connectivity index (χ0v) is 13.5. The fourth-order valence-electron chi connectivity index (χ4n) is 2.12. The lowest BCUT2D eigenvalue weighted by molar-refractivity contribution is 0.543. The van der Waals surface area contributed by atoms with Crippen LogP contribution in [0.1, 0.15) is 19.8 Å². The monoisotopic (exact) mass is 326 g/mol. The van der Waals surface area contributed by atoms with Gasteiger partial charge < -0.3 is 0 Å². The van der Waals surface area contributed by atoms with E-state index in [4.69, 9.17) is 11.6 Å². The van der Waals surface area contributed by atoms with E-state index in [1.807, 2.05) is 0 Å². The van der Waals surface area contributed by atoms with Crippen LogP contribution in [0.5, 0.6) is 0 Å². The van der Waals surface area contributed by atoms with Crippen LogP contribution in [0, 0.1) is 5.92 Å². The highest BCUT2D eigenvalue weighted by Crippen LogP contribution is 2.21. The number of halogens is 1. The van der Waals surface area contributed by atoms with Gasteiger partial charge in [-0.1, -0.05) is 13.0 Å². The average molecular weight is 327 g/mol. The van der Waals surface area contributed by atoms with Crippen molar-refractivity contribution in [3.05, 3.63) is 36.5 Å². The van der Waals surface area contributed by atoms with Crippen molar-refractivity contribution in [2.75, 3.05) is 12.4 Å². The molecule has 0 aliphatic heterocycles. The molecular formula is C15H19ClN2O2S. The molecule has 6 heteroatoms. The summed E-state index contributed by atoms with van der Waals surface area (Å²) in [6.45, 7) is 2.47. The van der Waals surface area contributed by atoms with E-state index >= 15 is 0 Å².